The van der Waals surface area contributed by atoms with Gasteiger partial charge in [0.05, 0.1) is 6.42 Å². The third-order valence-electron chi connectivity index (χ3n) is 4.41. The molecule has 132 valence electrons. The van der Waals surface area contributed by atoms with Gasteiger partial charge in [-0.3, -0.25) is 4.79 Å². The zero-order valence-electron chi connectivity index (χ0n) is 14.2. The Kier molecular flexibility index (Phi) is 7.38. The first-order valence-corrected chi connectivity index (χ1v) is 9.39. The van der Waals surface area contributed by atoms with E-state index >= 15 is 0 Å². The SMILES string of the molecule is CSc1ccc(C(=O)C[N+]2=C(Cc3ccc(F)cc3)CCC2)cc1.[Br-]. The van der Waals surface area contributed by atoms with Crippen LogP contribution < -0.4 is 17.0 Å². The Balaban J connectivity index is 0.00000225. The second-order valence-corrected chi connectivity index (χ2v) is 6.93. The van der Waals surface area contributed by atoms with E-state index in [0.717, 1.165) is 41.8 Å². The van der Waals surface area contributed by atoms with Gasteiger partial charge in [-0.1, -0.05) is 24.3 Å². The van der Waals surface area contributed by atoms with Gasteiger partial charge in [0, 0.05) is 23.3 Å². The van der Waals surface area contributed by atoms with Crippen molar-refractivity contribution in [2.75, 3.05) is 19.3 Å². The minimum absolute atomic E-state index is 0. The van der Waals surface area contributed by atoms with E-state index in [2.05, 4.69) is 4.58 Å². The third-order valence-corrected chi connectivity index (χ3v) is 5.15. The minimum Gasteiger partial charge on any atom is -1.00 e. The second-order valence-electron chi connectivity index (χ2n) is 6.05. The molecule has 1 heterocycles. The quantitative estimate of drug-likeness (QED) is 0.397. The van der Waals surface area contributed by atoms with Gasteiger partial charge in [-0.2, -0.15) is 0 Å². The molecule has 3 rings (SSSR count). The first-order valence-electron chi connectivity index (χ1n) is 8.17. The van der Waals surface area contributed by atoms with E-state index in [0.29, 0.717) is 6.54 Å². The zero-order chi connectivity index (χ0) is 16.9. The highest BCUT2D eigenvalue weighted by molar-refractivity contribution is 7.98. The fourth-order valence-electron chi connectivity index (χ4n) is 3.06. The Labute approximate surface area is 162 Å². The Bertz CT molecular complexity index is 756. The van der Waals surface area contributed by atoms with Gasteiger partial charge in [0.25, 0.3) is 0 Å². The van der Waals surface area contributed by atoms with Gasteiger partial charge >= 0.3 is 0 Å². The van der Waals surface area contributed by atoms with Gasteiger partial charge in [0.2, 0.25) is 12.3 Å². The summed E-state index contributed by atoms with van der Waals surface area (Å²) in [6.45, 7) is 1.35. The largest absolute Gasteiger partial charge is 1.00 e. The van der Waals surface area contributed by atoms with Gasteiger partial charge < -0.3 is 17.0 Å². The molecule has 2 aromatic rings. The molecule has 1 aliphatic heterocycles. The summed E-state index contributed by atoms with van der Waals surface area (Å²) in [5.41, 5.74) is 3.13. The second kappa shape index (κ2) is 9.30. The average molecular weight is 422 g/mol. The molecule has 0 atom stereocenters. The highest BCUT2D eigenvalue weighted by Crippen LogP contribution is 2.16. The van der Waals surface area contributed by atoms with Crippen molar-refractivity contribution in [3.63, 3.8) is 0 Å². The number of ketones is 1. The first kappa shape index (κ1) is 19.9. The van der Waals surface area contributed by atoms with E-state index in [1.54, 1.807) is 11.8 Å². The monoisotopic (exact) mass is 421 g/mol. The van der Waals surface area contributed by atoms with Crippen molar-refractivity contribution in [1.82, 2.24) is 0 Å². The molecule has 0 fully saturated rings. The smallest absolute Gasteiger partial charge is 0.227 e. The number of thioether (sulfide) groups is 1. The molecule has 2 nitrogen and oxygen atoms in total. The number of hydrogen-bond acceptors (Lipinski definition) is 2. The van der Waals surface area contributed by atoms with E-state index in [4.69, 9.17) is 0 Å². The summed E-state index contributed by atoms with van der Waals surface area (Å²) in [6.07, 6.45) is 4.90. The maximum atomic E-state index is 13.0. The predicted octanol–water partition coefficient (Wildman–Crippen LogP) is 1.22. The van der Waals surface area contributed by atoms with Crippen molar-refractivity contribution in [1.29, 1.82) is 0 Å². The lowest BCUT2D eigenvalue weighted by atomic mass is 10.1. The lowest BCUT2D eigenvalue weighted by Crippen LogP contribution is -3.00. The molecule has 0 N–H and O–H groups in total. The Morgan fingerprint density at radius 3 is 2.44 bits per heavy atom. The average Bonchev–Trinajstić information content (AvgIpc) is 3.03. The first-order chi connectivity index (χ1) is 11.7. The Morgan fingerprint density at radius 2 is 1.80 bits per heavy atom. The van der Waals surface area contributed by atoms with Crippen LogP contribution in [0.15, 0.2) is 53.4 Å². The summed E-state index contributed by atoms with van der Waals surface area (Å²) in [5.74, 6) is -0.0583. The van der Waals surface area contributed by atoms with Crippen LogP contribution in [0.25, 0.3) is 0 Å². The fourth-order valence-corrected chi connectivity index (χ4v) is 3.47. The van der Waals surface area contributed by atoms with Crippen LogP contribution in [0, 0.1) is 5.82 Å². The summed E-state index contributed by atoms with van der Waals surface area (Å²) in [7, 11) is 0. The Morgan fingerprint density at radius 1 is 1.12 bits per heavy atom. The lowest BCUT2D eigenvalue weighted by Gasteiger charge is -2.04. The maximum Gasteiger partial charge on any atom is 0.227 e. The number of rotatable bonds is 6. The molecule has 0 aliphatic carbocycles. The normalized spacial score (nSPS) is 13.7. The molecule has 0 unspecified atom stereocenters. The topological polar surface area (TPSA) is 20.1 Å². The van der Waals surface area contributed by atoms with Crippen LogP contribution in [0.3, 0.4) is 0 Å². The van der Waals surface area contributed by atoms with E-state index in [9.17, 15) is 9.18 Å². The van der Waals surface area contributed by atoms with Gasteiger partial charge in [-0.15, -0.1) is 11.8 Å². The molecule has 2 aromatic carbocycles. The Hall–Kier alpha value is -1.46. The summed E-state index contributed by atoms with van der Waals surface area (Å²) < 4.78 is 15.2. The molecule has 0 bridgehead atoms. The molecule has 0 amide bonds. The van der Waals surface area contributed by atoms with E-state index in [-0.39, 0.29) is 28.6 Å². The summed E-state index contributed by atoms with van der Waals surface area (Å²) in [6, 6.07) is 14.4. The summed E-state index contributed by atoms with van der Waals surface area (Å²) >= 11 is 1.67. The van der Waals surface area contributed by atoms with Crippen LogP contribution in [0.2, 0.25) is 0 Å². The standard InChI is InChI=1S/C20H21FNOS.BrH/c1-24-19-10-6-16(7-11-19)20(23)14-22-12-2-3-18(22)13-15-4-8-17(21)9-5-15;/h4-11H,2-3,12-14H2,1H3;1H/q+1;/p-1. The van der Waals surface area contributed by atoms with Gasteiger partial charge in [0.15, 0.2) is 5.71 Å². The van der Waals surface area contributed by atoms with E-state index < -0.39 is 0 Å². The van der Waals surface area contributed by atoms with Crippen molar-refractivity contribution < 1.29 is 30.7 Å². The molecule has 0 aromatic heterocycles. The molecule has 0 saturated carbocycles. The highest BCUT2D eigenvalue weighted by Gasteiger charge is 2.25. The lowest BCUT2D eigenvalue weighted by molar-refractivity contribution is -0.507. The van der Waals surface area contributed by atoms with Crippen LogP contribution in [0.5, 0.6) is 0 Å². The number of carbonyl (C=O) groups is 1. The molecular weight excluding hydrogens is 401 g/mol. The molecule has 0 spiro atoms. The van der Waals surface area contributed by atoms with Gasteiger partial charge in [-0.05, 0) is 36.1 Å². The van der Waals surface area contributed by atoms with Crippen molar-refractivity contribution in [3.05, 3.63) is 65.5 Å². The van der Waals surface area contributed by atoms with Crippen molar-refractivity contribution in [2.45, 2.75) is 24.2 Å². The van der Waals surface area contributed by atoms with Crippen molar-refractivity contribution in [3.8, 4) is 0 Å². The number of nitrogens with zero attached hydrogens (tertiary/aromatic N) is 1. The van der Waals surface area contributed by atoms with Crippen LogP contribution in [-0.2, 0) is 6.42 Å². The summed E-state index contributed by atoms with van der Waals surface area (Å²) in [4.78, 5) is 13.7. The molecule has 5 heteroatoms. The van der Waals surface area contributed by atoms with Gasteiger partial charge in [0.1, 0.15) is 12.4 Å². The zero-order valence-corrected chi connectivity index (χ0v) is 16.6. The predicted molar refractivity (Wildman–Crippen MR) is 96.9 cm³/mol. The van der Waals surface area contributed by atoms with Crippen LogP contribution in [-0.4, -0.2) is 35.4 Å². The summed E-state index contributed by atoms with van der Waals surface area (Å²) in [5, 5.41) is 0. The minimum atomic E-state index is -0.212. The number of halogens is 2. The van der Waals surface area contributed by atoms with E-state index in [1.807, 2.05) is 42.7 Å². The van der Waals surface area contributed by atoms with Gasteiger partial charge in [-0.25, -0.2) is 8.97 Å². The highest BCUT2D eigenvalue weighted by atomic mass is 79.9. The molecular formula is C20H21BrFNOS. The van der Waals surface area contributed by atoms with Crippen LogP contribution in [0.1, 0.15) is 28.8 Å². The van der Waals surface area contributed by atoms with Crippen molar-refractivity contribution >= 4 is 23.3 Å². The molecule has 25 heavy (non-hydrogen) atoms. The van der Waals surface area contributed by atoms with Crippen molar-refractivity contribution in [2.24, 2.45) is 0 Å². The maximum absolute atomic E-state index is 13.0. The molecule has 0 saturated heterocycles. The van der Waals surface area contributed by atoms with Crippen LogP contribution in [0.4, 0.5) is 4.39 Å². The number of benzene rings is 2. The van der Waals surface area contributed by atoms with E-state index in [1.165, 1.54) is 17.8 Å². The number of hydrogen-bond donors (Lipinski definition) is 0. The third kappa shape index (κ3) is 5.25. The fraction of sp³-hybridized carbons (Fsp3) is 0.300. The number of Topliss-reactive ketones (excluding diaryl/α,β-unsaturated/α-hetero) is 1. The molecule has 1 aliphatic rings. The van der Waals surface area contributed by atoms with Crippen LogP contribution >= 0.6 is 11.8 Å². The molecule has 0 radical (unpaired) electrons. The number of carbonyl (C=O) groups excluding carboxylic acids is 1.